The molecule has 1 fully saturated rings. The lowest BCUT2D eigenvalue weighted by atomic mass is 10.1. The monoisotopic (exact) mass is 314 g/mol. The van der Waals surface area contributed by atoms with Gasteiger partial charge in [-0.1, -0.05) is 6.07 Å². The van der Waals surface area contributed by atoms with Crippen LogP contribution in [0.2, 0.25) is 0 Å². The fourth-order valence-electron chi connectivity index (χ4n) is 3.08. The van der Waals surface area contributed by atoms with Crippen molar-refractivity contribution in [1.29, 1.82) is 0 Å². The number of pyridine rings is 1. The molecule has 2 aromatic rings. The lowest BCUT2D eigenvalue weighted by Crippen LogP contribution is -2.40. The molecule has 1 unspecified atom stereocenters. The van der Waals surface area contributed by atoms with Crippen molar-refractivity contribution >= 4 is 0 Å². The topological polar surface area (TPSA) is 43.2 Å². The van der Waals surface area contributed by atoms with Crippen LogP contribution in [0, 0.1) is 6.92 Å². The number of hydrogen-bond acceptors (Lipinski definition) is 4. The maximum Gasteiger partial charge on any atom is 0.0892 e. The normalized spacial score (nSPS) is 19.1. The molecule has 0 spiro atoms. The van der Waals surface area contributed by atoms with Crippen LogP contribution in [0.4, 0.5) is 0 Å². The Morgan fingerprint density at radius 3 is 3.04 bits per heavy atom. The maximum absolute atomic E-state index is 6.05. The second-order valence-corrected chi connectivity index (χ2v) is 6.33. The van der Waals surface area contributed by atoms with Gasteiger partial charge in [-0.15, -0.1) is 0 Å². The smallest absolute Gasteiger partial charge is 0.0892 e. The molecule has 3 rings (SSSR count). The molecular weight excluding hydrogens is 288 g/mol. The number of piperidine rings is 1. The molecule has 0 amide bonds. The zero-order valence-electron chi connectivity index (χ0n) is 13.9. The van der Waals surface area contributed by atoms with Gasteiger partial charge in [0, 0.05) is 25.5 Å². The standard InChI is InChI=1S/C18H26N4O/c1-16-12-20-22(13-16)11-5-10-21-9-4-7-18(14-21)23-15-17-6-2-3-8-19-17/h2-3,6,8,12-13,18H,4-5,7,9-11,14-15H2,1H3. The molecule has 5 heteroatoms. The van der Waals surface area contributed by atoms with Crippen LogP contribution in [0.3, 0.4) is 0 Å². The van der Waals surface area contributed by atoms with Gasteiger partial charge in [-0.25, -0.2) is 0 Å². The summed E-state index contributed by atoms with van der Waals surface area (Å²) in [5.41, 5.74) is 2.24. The average Bonchev–Trinajstić information content (AvgIpc) is 3.00. The molecule has 0 aromatic carbocycles. The van der Waals surface area contributed by atoms with Gasteiger partial charge in [-0.2, -0.15) is 5.10 Å². The van der Waals surface area contributed by atoms with E-state index in [-0.39, 0.29) is 0 Å². The fraction of sp³-hybridized carbons (Fsp3) is 0.556. The van der Waals surface area contributed by atoms with Crippen molar-refractivity contribution in [3.05, 3.63) is 48.0 Å². The highest BCUT2D eigenvalue weighted by Gasteiger charge is 2.20. The van der Waals surface area contributed by atoms with E-state index in [4.69, 9.17) is 4.74 Å². The number of ether oxygens (including phenoxy) is 1. The Morgan fingerprint density at radius 1 is 1.30 bits per heavy atom. The Labute approximate surface area is 138 Å². The zero-order chi connectivity index (χ0) is 15.9. The first-order valence-electron chi connectivity index (χ1n) is 8.52. The summed E-state index contributed by atoms with van der Waals surface area (Å²) in [6, 6.07) is 5.97. The number of aromatic nitrogens is 3. The molecule has 1 atom stereocenters. The molecule has 2 aromatic heterocycles. The Bertz CT molecular complexity index is 584. The van der Waals surface area contributed by atoms with Gasteiger partial charge < -0.3 is 9.64 Å². The SMILES string of the molecule is Cc1cnn(CCCN2CCCC(OCc3ccccn3)C2)c1. The Kier molecular flexibility index (Phi) is 5.77. The first kappa shape index (κ1) is 16.1. The van der Waals surface area contributed by atoms with E-state index >= 15 is 0 Å². The van der Waals surface area contributed by atoms with Gasteiger partial charge in [-0.3, -0.25) is 9.67 Å². The summed E-state index contributed by atoms with van der Waals surface area (Å²) in [5, 5.41) is 4.34. The van der Waals surface area contributed by atoms with Crippen LogP contribution in [0.15, 0.2) is 36.8 Å². The molecule has 5 nitrogen and oxygen atoms in total. The third-order valence-electron chi connectivity index (χ3n) is 4.28. The van der Waals surface area contributed by atoms with Crippen LogP contribution in [-0.4, -0.2) is 45.4 Å². The van der Waals surface area contributed by atoms with Gasteiger partial charge in [0.2, 0.25) is 0 Å². The number of rotatable bonds is 7. The van der Waals surface area contributed by atoms with E-state index < -0.39 is 0 Å². The lowest BCUT2D eigenvalue weighted by Gasteiger charge is -2.32. The van der Waals surface area contributed by atoms with Gasteiger partial charge >= 0.3 is 0 Å². The largest absolute Gasteiger partial charge is 0.371 e. The molecule has 0 saturated carbocycles. The van der Waals surface area contributed by atoms with E-state index in [0.717, 1.165) is 38.2 Å². The molecule has 3 heterocycles. The van der Waals surface area contributed by atoms with E-state index in [0.29, 0.717) is 12.7 Å². The van der Waals surface area contributed by atoms with Gasteiger partial charge in [-0.05, 0) is 57.0 Å². The van der Waals surface area contributed by atoms with Gasteiger partial charge in [0.05, 0.1) is 24.6 Å². The molecular formula is C18H26N4O. The van der Waals surface area contributed by atoms with Crippen LogP contribution in [0.5, 0.6) is 0 Å². The molecule has 23 heavy (non-hydrogen) atoms. The number of hydrogen-bond donors (Lipinski definition) is 0. The van der Waals surface area contributed by atoms with Crippen molar-refractivity contribution in [3.63, 3.8) is 0 Å². The average molecular weight is 314 g/mol. The van der Waals surface area contributed by atoms with E-state index in [1.807, 2.05) is 35.3 Å². The highest BCUT2D eigenvalue weighted by atomic mass is 16.5. The molecule has 0 radical (unpaired) electrons. The predicted octanol–water partition coefficient (Wildman–Crippen LogP) is 2.66. The van der Waals surface area contributed by atoms with Crippen LogP contribution in [0.25, 0.3) is 0 Å². The molecule has 0 aliphatic carbocycles. The van der Waals surface area contributed by atoms with E-state index in [9.17, 15) is 0 Å². The summed E-state index contributed by atoms with van der Waals surface area (Å²) >= 11 is 0. The Hall–Kier alpha value is -1.72. The zero-order valence-corrected chi connectivity index (χ0v) is 13.9. The van der Waals surface area contributed by atoms with Crippen molar-refractivity contribution in [1.82, 2.24) is 19.7 Å². The molecule has 0 bridgehead atoms. The summed E-state index contributed by atoms with van der Waals surface area (Å²) < 4.78 is 8.08. The summed E-state index contributed by atoms with van der Waals surface area (Å²) in [6.07, 6.45) is 9.68. The second-order valence-electron chi connectivity index (χ2n) is 6.33. The lowest BCUT2D eigenvalue weighted by molar-refractivity contribution is -0.0116. The van der Waals surface area contributed by atoms with Crippen molar-refractivity contribution in [2.75, 3.05) is 19.6 Å². The molecule has 124 valence electrons. The third-order valence-corrected chi connectivity index (χ3v) is 4.28. The van der Waals surface area contributed by atoms with Gasteiger partial charge in [0.15, 0.2) is 0 Å². The van der Waals surface area contributed by atoms with E-state index in [1.165, 1.54) is 18.5 Å². The minimum Gasteiger partial charge on any atom is -0.371 e. The summed E-state index contributed by atoms with van der Waals surface area (Å²) in [6.45, 7) is 7.02. The van der Waals surface area contributed by atoms with Crippen LogP contribution < -0.4 is 0 Å². The minimum atomic E-state index is 0.331. The number of aryl methyl sites for hydroxylation is 2. The first-order valence-corrected chi connectivity index (χ1v) is 8.52. The molecule has 1 saturated heterocycles. The highest BCUT2D eigenvalue weighted by Crippen LogP contribution is 2.15. The summed E-state index contributed by atoms with van der Waals surface area (Å²) in [5.74, 6) is 0. The predicted molar refractivity (Wildman–Crippen MR) is 90.1 cm³/mol. The van der Waals surface area contributed by atoms with Crippen molar-refractivity contribution in [3.8, 4) is 0 Å². The van der Waals surface area contributed by atoms with E-state index in [1.54, 1.807) is 0 Å². The third kappa shape index (κ3) is 5.15. The first-order chi connectivity index (χ1) is 11.3. The summed E-state index contributed by atoms with van der Waals surface area (Å²) in [7, 11) is 0. The Morgan fingerprint density at radius 2 is 2.26 bits per heavy atom. The fourth-order valence-corrected chi connectivity index (χ4v) is 3.08. The van der Waals surface area contributed by atoms with E-state index in [2.05, 4.69) is 28.1 Å². The quantitative estimate of drug-likeness (QED) is 0.788. The van der Waals surface area contributed by atoms with Crippen molar-refractivity contribution in [2.45, 2.75) is 45.4 Å². The Balaban J connectivity index is 1.37. The molecule has 1 aliphatic rings. The summed E-state index contributed by atoms with van der Waals surface area (Å²) in [4.78, 5) is 6.84. The van der Waals surface area contributed by atoms with Crippen LogP contribution in [-0.2, 0) is 17.9 Å². The highest BCUT2D eigenvalue weighted by molar-refractivity contribution is 5.02. The number of nitrogens with zero attached hydrogens (tertiary/aromatic N) is 4. The minimum absolute atomic E-state index is 0.331. The van der Waals surface area contributed by atoms with Crippen LogP contribution in [0.1, 0.15) is 30.5 Å². The molecule has 1 aliphatic heterocycles. The van der Waals surface area contributed by atoms with Crippen molar-refractivity contribution in [2.24, 2.45) is 0 Å². The van der Waals surface area contributed by atoms with Gasteiger partial charge in [0.25, 0.3) is 0 Å². The maximum atomic E-state index is 6.05. The molecule has 0 N–H and O–H groups in total. The number of likely N-dealkylation sites (tertiary alicyclic amines) is 1. The van der Waals surface area contributed by atoms with Crippen molar-refractivity contribution < 1.29 is 4.74 Å². The second kappa shape index (κ2) is 8.22. The van der Waals surface area contributed by atoms with Gasteiger partial charge in [0.1, 0.15) is 0 Å². The van der Waals surface area contributed by atoms with Crippen LogP contribution >= 0.6 is 0 Å².